The summed E-state index contributed by atoms with van der Waals surface area (Å²) < 4.78 is 37.1. The number of rotatable bonds is 9. The number of amides is 3. The van der Waals surface area contributed by atoms with Crippen LogP contribution in [0.5, 0.6) is 0 Å². The largest absolute Gasteiger partial charge is 0.490 e. The zero-order valence-electron chi connectivity index (χ0n) is 29.8. The minimum Gasteiger partial charge on any atom is -0.475 e. The third-order valence-electron chi connectivity index (χ3n) is 8.42. The smallest absolute Gasteiger partial charge is 0.475 e. The number of hydrogen-bond acceptors (Lipinski definition) is 11. The third-order valence-corrected chi connectivity index (χ3v) is 8.42. The van der Waals surface area contributed by atoms with E-state index in [1.54, 1.807) is 30.5 Å². The molecule has 4 aromatic rings. The summed E-state index contributed by atoms with van der Waals surface area (Å²) in [7, 11) is 0. The van der Waals surface area contributed by atoms with Crippen LogP contribution in [0.25, 0.3) is 22.5 Å². The lowest BCUT2D eigenvalue weighted by molar-refractivity contribution is -0.192. The van der Waals surface area contributed by atoms with Crippen LogP contribution < -0.4 is 21.7 Å². The first-order chi connectivity index (χ1) is 25.4. The Kier molecular flexibility index (Phi) is 13.4. The van der Waals surface area contributed by atoms with Crippen molar-refractivity contribution in [2.45, 2.75) is 70.7 Å². The Morgan fingerprint density at radius 1 is 0.981 bits per heavy atom. The van der Waals surface area contributed by atoms with Crippen LogP contribution in [0, 0.1) is 11.8 Å². The second-order valence-corrected chi connectivity index (χ2v) is 13.6. The van der Waals surface area contributed by atoms with E-state index in [1.807, 2.05) is 57.2 Å². The summed E-state index contributed by atoms with van der Waals surface area (Å²) in [4.78, 5) is 54.4. The van der Waals surface area contributed by atoms with Crippen molar-refractivity contribution < 1.29 is 42.2 Å². The van der Waals surface area contributed by atoms with Crippen molar-refractivity contribution in [3.8, 4) is 22.5 Å². The molecule has 0 unspecified atom stereocenters. The zero-order valence-corrected chi connectivity index (χ0v) is 29.8. The van der Waals surface area contributed by atoms with Crippen LogP contribution in [0.2, 0.25) is 0 Å². The fraction of sp³-hybridized carbons (Fsp3) is 0.389. The highest BCUT2D eigenvalue weighted by Crippen LogP contribution is 2.32. The molecule has 288 valence electrons. The van der Waals surface area contributed by atoms with Crippen molar-refractivity contribution in [1.29, 1.82) is 0 Å². The maximum absolute atomic E-state index is 14.1. The maximum atomic E-state index is 14.1. The first-order valence-electron chi connectivity index (χ1n) is 17.0. The van der Waals surface area contributed by atoms with Gasteiger partial charge in [0.25, 0.3) is 5.91 Å². The number of nitrogens with two attached hydrogens (primary N) is 2. The van der Waals surface area contributed by atoms with Gasteiger partial charge < -0.3 is 26.6 Å². The van der Waals surface area contributed by atoms with Crippen LogP contribution in [0.1, 0.15) is 52.0 Å². The summed E-state index contributed by atoms with van der Waals surface area (Å²) >= 11 is 0. The van der Waals surface area contributed by atoms with Gasteiger partial charge in [0.15, 0.2) is 0 Å². The predicted molar refractivity (Wildman–Crippen MR) is 191 cm³/mol. The number of hydrogen-bond donors (Lipinski definition) is 5. The van der Waals surface area contributed by atoms with E-state index < -0.39 is 35.8 Å². The van der Waals surface area contributed by atoms with Gasteiger partial charge in [0.05, 0.1) is 11.7 Å². The number of anilines is 2. The maximum Gasteiger partial charge on any atom is 0.490 e. The molecule has 5 rings (SSSR count). The lowest BCUT2D eigenvalue weighted by Gasteiger charge is -2.32. The Hall–Kier alpha value is -5.91. The average Bonchev–Trinajstić information content (AvgIpc) is 3.66. The molecule has 0 bridgehead atoms. The average molecular weight is 754 g/mol. The quantitative estimate of drug-likeness (QED) is 0.154. The predicted octanol–water partition coefficient (Wildman–Crippen LogP) is 4.90. The molecule has 18 heteroatoms. The minimum absolute atomic E-state index is 0.206. The van der Waals surface area contributed by atoms with Crippen LogP contribution in [-0.2, 0) is 25.5 Å². The van der Waals surface area contributed by atoms with Gasteiger partial charge >= 0.3 is 18.2 Å². The van der Waals surface area contributed by atoms with Crippen LogP contribution in [0.3, 0.4) is 0 Å². The summed E-state index contributed by atoms with van der Waals surface area (Å²) in [5.74, 6) is -2.88. The number of alkyl carbamates (subject to hydrolysis) is 1. The zero-order chi connectivity index (χ0) is 39.6. The van der Waals surface area contributed by atoms with Gasteiger partial charge in [-0.25, -0.2) is 19.5 Å². The lowest BCUT2D eigenvalue weighted by atomic mass is 9.81. The number of nitrogens with zero attached hydrogens (tertiary/aromatic N) is 5. The molecule has 2 heterocycles. The second-order valence-electron chi connectivity index (χ2n) is 13.6. The Labute approximate surface area is 308 Å². The summed E-state index contributed by atoms with van der Waals surface area (Å²) in [5, 5.41) is 24.0. The van der Waals surface area contributed by atoms with E-state index in [4.69, 9.17) is 26.1 Å². The Balaban J connectivity index is 0.000000845. The number of ether oxygens (including phenoxy) is 1. The van der Waals surface area contributed by atoms with Gasteiger partial charge in [0, 0.05) is 29.8 Å². The SMILES string of the molecule is CC(C)(C)OC(=O)NCC1CCC(C(=O)N(C(=O)[C@@H](N)Cc2ccc(-c3cccnc3N)cc2)c2ccc(-c3nn[nH]n3)cc2)CC1.O=C(O)C(F)(F)F. The van der Waals surface area contributed by atoms with Crippen molar-refractivity contribution in [2.75, 3.05) is 17.2 Å². The monoisotopic (exact) mass is 753 g/mol. The van der Waals surface area contributed by atoms with Crippen molar-refractivity contribution in [2.24, 2.45) is 17.6 Å². The number of carboxylic acids is 1. The second kappa shape index (κ2) is 17.7. The van der Waals surface area contributed by atoms with E-state index in [-0.39, 0.29) is 24.2 Å². The van der Waals surface area contributed by atoms with Crippen LogP contribution in [0.15, 0.2) is 66.9 Å². The number of nitrogens with one attached hydrogen (secondary N) is 2. The Morgan fingerprint density at radius 3 is 2.13 bits per heavy atom. The number of benzene rings is 2. The van der Waals surface area contributed by atoms with Gasteiger partial charge in [0.2, 0.25) is 11.7 Å². The highest BCUT2D eigenvalue weighted by Gasteiger charge is 2.38. The Bertz CT molecular complexity index is 1880. The number of H-pyrrole nitrogens is 1. The van der Waals surface area contributed by atoms with E-state index in [9.17, 15) is 27.6 Å². The van der Waals surface area contributed by atoms with Crippen molar-refractivity contribution >= 4 is 35.4 Å². The fourth-order valence-electron chi connectivity index (χ4n) is 5.73. The number of imide groups is 1. The number of carboxylic acid groups (broad SMARTS) is 1. The molecule has 7 N–H and O–H groups in total. The topological polar surface area (TPSA) is 232 Å². The Morgan fingerprint density at radius 2 is 1.59 bits per heavy atom. The van der Waals surface area contributed by atoms with Gasteiger partial charge in [-0.1, -0.05) is 24.3 Å². The van der Waals surface area contributed by atoms with E-state index >= 15 is 0 Å². The number of alkyl halides is 3. The summed E-state index contributed by atoms with van der Waals surface area (Å²) in [6.45, 7) is 5.92. The van der Waals surface area contributed by atoms with Gasteiger partial charge in [-0.2, -0.15) is 18.4 Å². The molecule has 0 saturated heterocycles. The first kappa shape index (κ1) is 40.9. The summed E-state index contributed by atoms with van der Waals surface area (Å²) in [6, 6.07) is 17.2. The number of tetrazole rings is 1. The minimum atomic E-state index is -5.08. The number of halogens is 3. The number of carbonyl (C=O) groups excluding carboxylic acids is 3. The summed E-state index contributed by atoms with van der Waals surface area (Å²) in [5.41, 5.74) is 15.6. The van der Waals surface area contributed by atoms with Gasteiger partial charge in [-0.3, -0.25) is 9.59 Å². The van der Waals surface area contributed by atoms with Crippen LogP contribution in [-0.4, -0.2) is 79.0 Å². The van der Waals surface area contributed by atoms with Crippen molar-refractivity contribution in [1.82, 2.24) is 30.9 Å². The number of pyridine rings is 1. The van der Waals surface area contributed by atoms with Gasteiger partial charge in [-0.05, 0) is 112 Å². The molecule has 0 spiro atoms. The summed E-state index contributed by atoms with van der Waals surface area (Å²) in [6.07, 6.45) is -1.05. The van der Waals surface area contributed by atoms with E-state index in [0.29, 0.717) is 42.3 Å². The molecule has 2 aromatic heterocycles. The van der Waals surface area contributed by atoms with E-state index in [1.165, 1.54) is 4.90 Å². The highest BCUT2D eigenvalue weighted by atomic mass is 19.4. The fourth-order valence-corrected chi connectivity index (χ4v) is 5.73. The van der Waals surface area contributed by atoms with E-state index in [2.05, 4.69) is 30.9 Å². The normalized spacial score (nSPS) is 16.3. The third kappa shape index (κ3) is 11.5. The molecule has 1 aliphatic carbocycles. The molecule has 1 saturated carbocycles. The molecular formula is C36H42F3N9O6. The molecule has 15 nitrogen and oxygen atoms in total. The first-order valence-corrected chi connectivity index (χ1v) is 17.0. The number of aromatic amines is 1. The molecular weight excluding hydrogens is 711 g/mol. The molecule has 2 aromatic carbocycles. The van der Waals surface area contributed by atoms with Crippen LogP contribution >= 0.6 is 0 Å². The van der Waals surface area contributed by atoms with Crippen LogP contribution in [0.4, 0.5) is 29.5 Å². The molecule has 1 fully saturated rings. The van der Waals surface area contributed by atoms with Gasteiger partial charge in [0.1, 0.15) is 11.4 Å². The molecule has 54 heavy (non-hydrogen) atoms. The van der Waals surface area contributed by atoms with Crippen molar-refractivity contribution in [3.05, 3.63) is 72.4 Å². The molecule has 0 radical (unpaired) electrons. The van der Waals surface area contributed by atoms with Gasteiger partial charge in [-0.15, -0.1) is 10.2 Å². The number of aliphatic carboxylic acids is 1. The molecule has 1 aliphatic rings. The lowest BCUT2D eigenvalue weighted by Crippen LogP contribution is -2.50. The molecule has 0 aliphatic heterocycles. The molecule has 1 atom stereocenters. The number of aromatic nitrogens is 5. The number of nitrogen functional groups attached to an aromatic ring is 1. The van der Waals surface area contributed by atoms with Crippen molar-refractivity contribution in [3.63, 3.8) is 0 Å². The highest BCUT2D eigenvalue weighted by molar-refractivity contribution is 6.17. The van der Waals surface area contributed by atoms with E-state index in [0.717, 1.165) is 29.5 Å². The number of carbonyl (C=O) groups is 4. The standard InChI is InChI=1S/C34H41N9O4.C2HF3O2/c1-34(2,3)47-33(46)38-20-22-8-12-25(13-9-22)31(44)43(26-16-14-24(15-17-26)30-39-41-42-40-30)32(45)28(35)19-21-6-10-23(11-7-21)27-5-4-18-37-29(27)36;3-2(4,5)1(6)7/h4-7,10-11,14-18,22,25,28H,8-9,12-13,19-20,35H2,1-3H3,(H2,36,37)(H,38,46)(H,39,40,41,42);(H,6,7)/t22?,25?,28-;/m0./s1. The molecule has 3 amide bonds.